The molecule has 0 aliphatic heterocycles. The van der Waals surface area contributed by atoms with Crippen molar-refractivity contribution in [3.05, 3.63) is 29.8 Å². The van der Waals surface area contributed by atoms with Gasteiger partial charge >= 0.3 is 0 Å². The second kappa shape index (κ2) is 2.77. The number of rotatable bonds is 1. The molecule has 0 saturated heterocycles. The van der Waals surface area contributed by atoms with Crippen LogP contribution in [0.5, 0.6) is 0 Å². The van der Waals surface area contributed by atoms with Crippen LogP contribution in [-0.4, -0.2) is 15.4 Å². The first kappa shape index (κ1) is 7.03. The van der Waals surface area contributed by atoms with E-state index < -0.39 is 0 Å². The Labute approximate surface area is 70.1 Å². The van der Waals surface area contributed by atoms with E-state index in [4.69, 9.17) is 0 Å². The summed E-state index contributed by atoms with van der Waals surface area (Å²) in [4.78, 5) is 0. The van der Waals surface area contributed by atoms with E-state index in [9.17, 15) is 0 Å². The summed E-state index contributed by atoms with van der Waals surface area (Å²) in [5.41, 5.74) is 2.97. The highest BCUT2D eigenvalue weighted by atomic mass is 15.3. The minimum absolute atomic E-state index is 0.906. The van der Waals surface area contributed by atoms with E-state index in [1.165, 1.54) is 0 Å². The summed E-state index contributed by atoms with van der Waals surface area (Å²) in [6, 6.07) is 5.97. The van der Waals surface area contributed by atoms with Gasteiger partial charge in [-0.3, -0.25) is 0 Å². The smallest absolute Gasteiger partial charge is 0.113 e. The summed E-state index contributed by atoms with van der Waals surface area (Å²) in [7, 11) is 0. The van der Waals surface area contributed by atoms with E-state index in [0.717, 1.165) is 16.6 Å². The number of hydrogen-bond acceptors (Lipinski definition) is 2. The van der Waals surface area contributed by atoms with Gasteiger partial charge in [-0.15, -0.1) is 0 Å². The van der Waals surface area contributed by atoms with Crippen LogP contribution in [0.25, 0.3) is 17.1 Å². The summed E-state index contributed by atoms with van der Waals surface area (Å²) < 4.78 is 0. The Morgan fingerprint density at radius 1 is 1.25 bits per heavy atom. The minimum Gasteiger partial charge on any atom is -0.197 e. The monoisotopic (exact) mass is 159 g/mol. The maximum absolute atomic E-state index is 3.99. The van der Waals surface area contributed by atoms with Crippen LogP contribution in [0.2, 0.25) is 0 Å². The van der Waals surface area contributed by atoms with Crippen molar-refractivity contribution in [1.82, 2.24) is 15.4 Å². The SMILES string of the molecule is CC=Cc1ccc2n[nH]nc2c1. The summed E-state index contributed by atoms with van der Waals surface area (Å²) in [6.45, 7) is 1.99. The van der Waals surface area contributed by atoms with E-state index in [1.807, 2.05) is 37.3 Å². The van der Waals surface area contributed by atoms with Gasteiger partial charge in [0.2, 0.25) is 0 Å². The molecule has 3 heteroatoms. The molecule has 12 heavy (non-hydrogen) atoms. The van der Waals surface area contributed by atoms with Gasteiger partial charge in [0, 0.05) is 0 Å². The van der Waals surface area contributed by atoms with Crippen molar-refractivity contribution < 1.29 is 0 Å². The van der Waals surface area contributed by atoms with Crippen LogP contribution in [0.15, 0.2) is 24.3 Å². The lowest BCUT2D eigenvalue weighted by Crippen LogP contribution is -1.72. The fourth-order valence-corrected chi connectivity index (χ4v) is 1.15. The van der Waals surface area contributed by atoms with Crippen LogP contribution >= 0.6 is 0 Å². The zero-order valence-corrected chi connectivity index (χ0v) is 6.78. The molecule has 0 radical (unpaired) electrons. The Balaban J connectivity index is 2.60. The topological polar surface area (TPSA) is 41.6 Å². The van der Waals surface area contributed by atoms with Gasteiger partial charge in [0.1, 0.15) is 11.0 Å². The highest BCUT2D eigenvalue weighted by molar-refractivity contribution is 5.76. The normalized spacial score (nSPS) is 11.4. The molecule has 3 nitrogen and oxygen atoms in total. The fourth-order valence-electron chi connectivity index (χ4n) is 1.15. The third kappa shape index (κ3) is 1.09. The largest absolute Gasteiger partial charge is 0.197 e. The van der Waals surface area contributed by atoms with Gasteiger partial charge in [-0.1, -0.05) is 18.2 Å². The lowest BCUT2D eigenvalue weighted by Gasteiger charge is -1.90. The standard InChI is InChI=1S/C9H9N3/c1-2-3-7-4-5-8-9(6-7)11-12-10-8/h2-6H,1H3,(H,10,11,12). The number of H-pyrrole nitrogens is 1. The molecule has 0 aliphatic carbocycles. The Hall–Kier alpha value is -1.64. The lowest BCUT2D eigenvalue weighted by atomic mass is 10.2. The number of allylic oxidation sites excluding steroid dienone is 1. The first-order valence-electron chi connectivity index (χ1n) is 3.83. The van der Waals surface area contributed by atoms with Gasteiger partial charge in [-0.05, 0) is 24.6 Å². The average molecular weight is 159 g/mol. The van der Waals surface area contributed by atoms with Gasteiger partial charge in [-0.2, -0.15) is 15.4 Å². The Morgan fingerprint density at radius 3 is 2.92 bits per heavy atom. The van der Waals surface area contributed by atoms with Crippen LogP contribution in [0, 0.1) is 0 Å². The van der Waals surface area contributed by atoms with Crippen LogP contribution in [0.4, 0.5) is 0 Å². The predicted molar refractivity (Wildman–Crippen MR) is 48.6 cm³/mol. The number of benzene rings is 1. The molecule has 0 amide bonds. The number of aromatic amines is 1. The van der Waals surface area contributed by atoms with Crippen LogP contribution in [0.3, 0.4) is 0 Å². The molecule has 0 bridgehead atoms. The first-order valence-corrected chi connectivity index (χ1v) is 3.83. The van der Waals surface area contributed by atoms with E-state index in [1.54, 1.807) is 0 Å². The molecule has 0 saturated carbocycles. The van der Waals surface area contributed by atoms with E-state index >= 15 is 0 Å². The van der Waals surface area contributed by atoms with Crippen LogP contribution < -0.4 is 0 Å². The van der Waals surface area contributed by atoms with E-state index in [2.05, 4.69) is 15.4 Å². The molecule has 0 atom stereocenters. The molecule has 2 rings (SSSR count). The molecule has 2 aromatic rings. The summed E-state index contributed by atoms with van der Waals surface area (Å²) >= 11 is 0. The van der Waals surface area contributed by atoms with Crippen LogP contribution in [0.1, 0.15) is 12.5 Å². The number of nitrogens with one attached hydrogen (secondary N) is 1. The van der Waals surface area contributed by atoms with Crippen molar-refractivity contribution in [3.63, 3.8) is 0 Å². The number of fused-ring (bicyclic) bond motifs is 1. The summed E-state index contributed by atoms with van der Waals surface area (Å²) in [5.74, 6) is 0. The quantitative estimate of drug-likeness (QED) is 0.691. The highest BCUT2D eigenvalue weighted by Gasteiger charge is 1.96. The predicted octanol–water partition coefficient (Wildman–Crippen LogP) is 1.99. The van der Waals surface area contributed by atoms with Crippen molar-refractivity contribution in [2.24, 2.45) is 0 Å². The summed E-state index contributed by atoms with van der Waals surface area (Å²) in [5, 5.41) is 10.5. The van der Waals surface area contributed by atoms with Gasteiger partial charge in [0.15, 0.2) is 0 Å². The number of hydrogen-bond donors (Lipinski definition) is 1. The average Bonchev–Trinajstić information content (AvgIpc) is 2.51. The Morgan fingerprint density at radius 2 is 2.08 bits per heavy atom. The molecular weight excluding hydrogens is 150 g/mol. The van der Waals surface area contributed by atoms with E-state index in [0.29, 0.717) is 0 Å². The first-order chi connectivity index (χ1) is 5.90. The molecule has 1 N–H and O–H groups in total. The Kier molecular flexibility index (Phi) is 1.63. The van der Waals surface area contributed by atoms with Crippen molar-refractivity contribution in [2.45, 2.75) is 6.92 Å². The maximum Gasteiger partial charge on any atom is 0.113 e. The van der Waals surface area contributed by atoms with Gasteiger partial charge in [-0.25, -0.2) is 0 Å². The molecule has 60 valence electrons. The van der Waals surface area contributed by atoms with Crippen molar-refractivity contribution in [3.8, 4) is 0 Å². The number of nitrogens with zero attached hydrogens (tertiary/aromatic N) is 2. The molecule has 0 aliphatic rings. The van der Waals surface area contributed by atoms with Gasteiger partial charge < -0.3 is 0 Å². The Bertz CT molecular complexity index is 414. The van der Waals surface area contributed by atoms with Crippen LogP contribution in [-0.2, 0) is 0 Å². The van der Waals surface area contributed by atoms with Crippen molar-refractivity contribution >= 4 is 17.1 Å². The van der Waals surface area contributed by atoms with Gasteiger partial charge in [0.25, 0.3) is 0 Å². The van der Waals surface area contributed by atoms with E-state index in [-0.39, 0.29) is 0 Å². The van der Waals surface area contributed by atoms with Crippen molar-refractivity contribution in [2.75, 3.05) is 0 Å². The third-order valence-electron chi connectivity index (χ3n) is 1.70. The molecule has 0 fully saturated rings. The molecular formula is C9H9N3. The zero-order valence-electron chi connectivity index (χ0n) is 6.78. The molecule has 1 aromatic heterocycles. The van der Waals surface area contributed by atoms with Crippen molar-refractivity contribution in [1.29, 1.82) is 0 Å². The molecule has 1 heterocycles. The number of aromatic nitrogens is 3. The highest BCUT2D eigenvalue weighted by Crippen LogP contribution is 2.11. The molecule has 0 spiro atoms. The zero-order chi connectivity index (χ0) is 8.39. The minimum atomic E-state index is 0.906. The fraction of sp³-hybridized carbons (Fsp3) is 0.111. The van der Waals surface area contributed by atoms with Gasteiger partial charge in [0.05, 0.1) is 0 Å². The molecule has 1 aromatic carbocycles. The summed E-state index contributed by atoms with van der Waals surface area (Å²) in [6.07, 6.45) is 4.04. The maximum atomic E-state index is 3.99. The molecule has 0 unspecified atom stereocenters. The second-order valence-corrected chi connectivity index (χ2v) is 2.57. The second-order valence-electron chi connectivity index (χ2n) is 2.57. The third-order valence-corrected chi connectivity index (χ3v) is 1.70. The lowest BCUT2D eigenvalue weighted by molar-refractivity contribution is 0.959.